The Labute approximate surface area is 118 Å². The molecule has 19 heavy (non-hydrogen) atoms. The molecule has 0 amide bonds. The predicted octanol–water partition coefficient (Wildman–Crippen LogP) is 1.80. The van der Waals surface area contributed by atoms with Gasteiger partial charge in [0.1, 0.15) is 0 Å². The number of morpholine rings is 1. The average Bonchev–Trinajstić information content (AvgIpc) is 2.41. The molecule has 0 aliphatic carbocycles. The van der Waals surface area contributed by atoms with E-state index in [9.17, 15) is 0 Å². The third-order valence-corrected chi connectivity index (χ3v) is 7.16. The van der Waals surface area contributed by atoms with E-state index in [-0.39, 0.29) is 11.6 Å². The van der Waals surface area contributed by atoms with E-state index >= 15 is 0 Å². The third kappa shape index (κ3) is 4.51. The highest BCUT2D eigenvalue weighted by Crippen LogP contribution is 2.33. The second-order valence-electron chi connectivity index (χ2n) is 4.55. The lowest BCUT2D eigenvalue weighted by atomic mass is 10.1. The lowest BCUT2D eigenvalue weighted by Gasteiger charge is -2.40. The molecule has 6 heteroatoms. The minimum Gasteiger partial charge on any atom is -0.379 e. The number of ether oxygens (including phenoxy) is 1. The van der Waals surface area contributed by atoms with E-state index in [1.54, 1.807) is 0 Å². The molecule has 0 spiro atoms. The Morgan fingerprint density at radius 2 is 1.68 bits per heavy atom. The number of rotatable bonds is 9. The van der Waals surface area contributed by atoms with Gasteiger partial charge in [-0.2, -0.15) is 0 Å². The molecule has 1 N–H and O–H groups in total. The van der Waals surface area contributed by atoms with E-state index in [1.807, 2.05) is 20.8 Å². The van der Waals surface area contributed by atoms with Crippen LogP contribution in [0, 0.1) is 0 Å². The van der Waals surface area contributed by atoms with Gasteiger partial charge in [0.15, 0.2) is 0 Å². The Balaban J connectivity index is 2.87. The molecule has 1 aliphatic rings. The molecule has 1 fully saturated rings. The summed E-state index contributed by atoms with van der Waals surface area (Å²) in [6, 6.07) is 0.259. The normalized spacial score (nSPS) is 22.4. The summed E-state index contributed by atoms with van der Waals surface area (Å²) in [5.74, 6) is 0. The molecule has 2 atom stereocenters. The van der Waals surface area contributed by atoms with E-state index < -0.39 is 8.80 Å². The summed E-state index contributed by atoms with van der Waals surface area (Å²) in [5.41, 5.74) is 0.243. The second-order valence-corrected chi connectivity index (χ2v) is 7.37. The van der Waals surface area contributed by atoms with Gasteiger partial charge >= 0.3 is 8.80 Å². The summed E-state index contributed by atoms with van der Waals surface area (Å²) in [6.07, 6.45) is 0.966. The Bertz CT molecular complexity index is 220. The van der Waals surface area contributed by atoms with E-state index in [2.05, 4.69) is 12.2 Å². The van der Waals surface area contributed by atoms with Gasteiger partial charge in [0.25, 0.3) is 0 Å². The van der Waals surface area contributed by atoms with Crippen molar-refractivity contribution in [2.75, 3.05) is 39.6 Å². The lowest BCUT2D eigenvalue weighted by molar-refractivity contribution is 0.0306. The molecule has 2 unspecified atom stereocenters. The highest BCUT2D eigenvalue weighted by atomic mass is 28.4. The van der Waals surface area contributed by atoms with E-state index in [0.29, 0.717) is 26.4 Å². The standard InChI is InChI=1S/C13H29NO4Si/c1-5-13(12-11-15-10-9-14-12)19(16-6-2,17-7-3)18-8-4/h12-14H,5-11H2,1-4H3. The molecule has 0 aromatic rings. The maximum Gasteiger partial charge on any atom is 0.505 e. The summed E-state index contributed by atoms with van der Waals surface area (Å²) in [7, 11) is -2.65. The van der Waals surface area contributed by atoms with Crippen LogP contribution in [0.3, 0.4) is 0 Å². The maximum absolute atomic E-state index is 6.02. The van der Waals surface area contributed by atoms with Crippen LogP contribution in [-0.4, -0.2) is 54.4 Å². The van der Waals surface area contributed by atoms with Crippen LogP contribution >= 0.6 is 0 Å². The molecule has 1 saturated heterocycles. The van der Waals surface area contributed by atoms with Gasteiger partial charge < -0.3 is 23.3 Å². The molecule has 5 nitrogen and oxygen atoms in total. The predicted molar refractivity (Wildman–Crippen MR) is 77.3 cm³/mol. The van der Waals surface area contributed by atoms with Crippen molar-refractivity contribution in [3.8, 4) is 0 Å². The van der Waals surface area contributed by atoms with Crippen LogP contribution in [0.1, 0.15) is 34.1 Å². The topological polar surface area (TPSA) is 49.0 Å². The maximum atomic E-state index is 6.02. The highest BCUT2D eigenvalue weighted by Gasteiger charge is 2.51. The fourth-order valence-corrected chi connectivity index (χ4v) is 5.98. The van der Waals surface area contributed by atoms with Crippen molar-refractivity contribution in [2.24, 2.45) is 0 Å². The third-order valence-electron chi connectivity index (χ3n) is 3.37. The molecule has 1 aliphatic heterocycles. The number of nitrogens with one attached hydrogen (secondary N) is 1. The molecule has 0 aromatic carbocycles. The Morgan fingerprint density at radius 1 is 1.11 bits per heavy atom. The first-order valence-corrected chi connectivity index (χ1v) is 9.27. The summed E-state index contributed by atoms with van der Waals surface area (Å²) in [6.45, 7) is 12.4. The molecule has 114 valence electrons. The van der Waals surface area contributed by atoms with Crippen molar-refractivity contribution in [2.45, 2.75) is 45.7 Å². The summed E-state index contributed by atoms with van der Waals surface area (Å²) in [5, 5.41) is 3.52. The highest BCUT2D eigenvalue weighted by molar-refractivity contribution is 6.62. The first-order chi connectivity index (χ1) is 9.24. The molecule has 1 heterocycles. The quantitative estimate of drug-likeness (QED) is 0.657. The van der Waals surface area contributed by atoms with Gasteiger partial charge in [-0.05, 0) is 27.2 Å². The molecule has 0 bridgehead atoms. The van der Waals surface area contributed by atoms with Gasteiger partial charge in [-0.3, -0.25) is 0 Å². The zero-order valence-electron chi connectivity index (χ0n) is 12.7. The van der Waals surface area contributed by atoms with Gasteiger partial charge in [0, 0.05) is 37.9 Å². The monoisotopic (exact) mass is 291 g/mol. The molecule has 0 saturated carbocycles. The van der Waals surface area contributed by atoms with Crippen LogP contribution in [0.4, 0.5) is 0 Å². The van der Waals surface area contributed by atoms with Crippen LogP contribution < -0.4 is 5.32 Å². The van der Waals surface area contributed by atoms with Gasteiger partial charge in [-0.25, -0.2) is 0 Å². The molecule has 0 aromatic heterocycles. The van der Waals surface area contributed by atoms with Gasteiger partial charge in [-0.15, -0.1) is 0 Å². The Kier molecular flexibility index (Phi) is 8.13. The van der Waals surface area contributed by atoms with Crippen LogP contribution in [-0.2, 0) is 18.0 Å². The SMILES string of the molecule is CCO[Si](OCC)(OCC)C(CC)C1COCCN1. The number of hydrogen-bond acceptors (Lipinski definition) is 5. The summed E-state index contributed by atoms with van der Waals surface area (Å²) < 4.78 is 23.6. The Morgan fingerprint density at radius 3 is 2.05 bits per heavy atom. The van der Waals surface area contributed by atoms with E-state index in [1.165, 1.54) is 0 Å². The van der Waals surface area contributed by atoms with Crippen LogP contribution in [0.15, 0.2) is 0 Å². The summed E-state index contributed by atoms with van der Waals surface area (Å²) >= 11 is 0. The fourth-order valence-electron chi connectivity index (χ4n) is 2.67. The minimum atomic E-state index is -2.65. The van der Waals surface area contributed by atoms with Crippen molar-refractivity contribution in [1.29, 1.82) is 0 Å². The zero-order valence-corrected chi connectivity index (χ0v) is 13.7. The molecular formula is C13H29NO4Si. The van der Waals surface area contributed by atoms with Crippen LogP contribution in [0.25, 0.3) is 0 Å². The molecule has 0 radical (unpaired) electrons. The first kappa shape index (κ1) is 17.1. The average molecular weight is 291 g/mol. The Hall–Kier alpha value is 0.0169. The van der Waals surface area contributed by atoms with E-state index in [0.717, 1.165) is 19.6 Å². The van der Waals surface area contributed by atoms with Gasteiger partial charge in [-0.1, -0.05) is 6.92 Å². The first-order valence-electron chi connectivity index (χ1n) is 7.46. The van der Waals surface area contributed by atoms with Crippen LogP contribution in [0.5, 0.6) is 0 Å². The van der Waals surface area contributed by atoms with Crippen molar-refractivity contribution in [3.05, 3.63) is 0 Å². The largest absolute Gasteiger partial charge is 0.505 e. The summed E-state index contributed by atoms with van der Waals surface area (Å²) in [4.78, 5) is 0. The van der Waals surface area contributed by atoms with Gasteiger partial charge in [0.05, 0.1) is 13.2 Å². The lowest BCUT2D eigenvalue weighted by Crippen LogP contribution is -2.58. The molecular weight excluding hydrogens is 262 g/mol. The van der Waals surface area contributed by atoms with E-state index in [4.69, 9.17) is 18.0 Å². The smallest absolute Gasteiger partial charge is 0.379 e. The van der Waals surface area contributed by atoms with Gasteiger partial charge in [0.2, 0.25) is 0 Å². The van der Waals surface area contributed by atoms with Crippen molar-refractivity contribution < 1.29 is 18.0 Å². The van der Waals surface area contributed by atoms with Crippen LogP contribution in [0.2, 0.25) is 5.54 Å². The zero-order chi connectivity index (χ0) is 14.1. The molecule has 1 rings (SSSR count). The van der Waals surface area contributed by atoms with Crippen molar-refractivity contribution >= 4 is 8.80 Å². The second kappa shape index (κ2) is 9.04. The number of hydrogen-bond donors (Lipinski definition) is 1. The fraction of sp³-hybridized carbons (Fsp3) is 1.00. The van der Waals surface area contributed by atoms with Crippen molar-refractivity contribution in [1.82, 2.24) is 5.32 Å². The minimum absolute atomic E-state index is 0.243. The van der Waals surface area contributed by atoms with Crippen molar-refractivity contribution in [3.63, 3.8) is 0 Å².